The highest BCUT2D eigenvalue weighted by Crippen LogP contribution is 2.17. The number of rotatable bonds is 5. The molecule has 2 aliphatic rings. The number of amides is 1. The molecule has 18 heavy (non-hydrogen) atoms. The van der Waals surface area contributed by atoms with E-state index < -0.39 is 0 Å². The molecule has 1 N–H and O–H groups in total. The van der Waals surface area contributed by atoms with Crippen LogP contribution in [0.5, 0.6) is 0 Å². The van der Waals surface area contributed by atoms with E-state index in [-0.39, 0.29) is 24.2 Å². The van der Waals surface area contributed by atoms with Gasteiger partial charge in [-0.15, -0.1) is 0 Å². The first-order valence-electron chi connectivity index (χ1n) is 6.98. The predicted octanol–water partition coefficient (Wildman–Crippen LogP) is 0.738. The lowest BCUT2D eigenvalue weighted by atomic mass is 10.1. The Morgan fingerprint density at radius 2 is 2.28 bits per heavy atom. The summed E-state index contributed by atoms with van der Waals surface area (Å²) in [7, 11) is 0. The molecule has 5 nitrogen and oxygen atoms in total. The zero-order valence-electron chi connectivity index (χ0n) is 11.4. The van der Waals surface area contributed by atoms with Crippen LogP contribution in [0.1, 0.15) is 33.1 Å². The van der Waals surface area contributed by atoms with Crippen LogP contribution in [0.25, 0.3) is 0 Å². The molecule has 0 aromatic heterocycles. The summed E-state index contributed by atoms with van der Waals surface area (Å²) in [5, 5.41) is 3.36. The van der Waals surface area contributed by atoms with Crippen molar-refractivity contribution in [3.8, 4) is 0 Å². The van der Waals surface area contributed by atoms with Gasteiger partial charge in [0.1, 0.15) is 0 Å². The summed E-state index contributed by atoms with van der Waals surface area (Å²) in [5.74, 6) is 0.213. The number of ether oxygens (including phenoxy) is 2. The molecular formula is C13H24N2O3. The molecular weight excluding hydrogens is 232 g/mol. The molecule has 3 unspecified atom stereocenters. The van der Waals surface area contributed by atoms with Crippen LogP contribution in [0.15, 0.2) is 0 Å². The fraction of sp³-hybridized carbons (Fsp3) is 0.923. The third-order valence-corrected chi connectivity index (χ3v) is 3.62. The zero-order chi connectivity index (χ0) is 13.0. The largest absolute Gasteiger partial charge is 0.376 e. The number of nitrogens with one attached hydrogen (secondary N) is 1. The SMILES string of the molecule is CCCCC1NC(C)N(CC2COCCO2)C1=O. The molecule has 0 spiro atoms. The van der Waals surface area contributed by atoms with Gasteiger partial charge in [0.15, 0.2) is 0 Å². The fourth-order valence-corrected chi connectivity index (χ4v) is 2.57. The van der Waals surface area contributed by atoms with E-state index in [1.165, 1.54) is 0 Å². The van der Waals surface area contributed by atoms with E-state index in [0.717, 1.165) is 19.3 Å². The first-order valence-corrected chi connectivity index (χ1v) is 6.98. The van der Waals surface area contributed by atoms with Crippen LogP contribution < -0.4 is 5.32 Å². The summed E-state index contributed by atoms with van der Waals surface area (Å²) in [4.78, 5) is 14.2. The molecule has 2 rings (SSSR count). The maximum atomic E-state index is 12.3. The molecule has 2 aliphatic heterocycles. The van der Waals surface area contributed by atoms with E-state index in [1.807, 2.05) is 11.8 Å². The molecule has 0 aliphatic carbocycles. The van der Waals surface area contributed by atoms with Gasteiger partial charge in [-0.25, -0.2) is 0 Å². The van der Waals surface area contributed by atoms with Crippen LogP contribution in [0.3, 0.4) is 0 Å². The quantitative estimate of drug-likeness (QED) is 0.788. The zero-order valence-corrected chi connectivity index (χ0v) is 11.4. The molecule has 1 amide bonds. The van der Waals surface area contributed by atoms with Gasteiger partial charge in [0, 0.05) is 0 Å². The topological polar surface area (TPSA) is 50.8 Å². The molecule has 0 saturated carbocycles. The van der Waals surface area contributed by atoms with Crippen molar-refractivity contribution < 1.29 is 14.3 Å². The van der Waals surface area contributed by atoms with Crippen molar-refractivity contribution in [3.63, 3.8) is 0 Å². The number of hydrogen-bond donors (Lipinski definition) is 1. The van der Waals surface area contributed by atoms with Gasteiger partial charge in [0.25, 0.3) is 0 Å². The van der Waals surface area contributed by atoms with Gasteiger partial charge < -0.3 is 14.4 Å². The van der Waals surface area contributed by atoms with Crippen molar-refractivity contribution in [2.75, 3.05) is 26.4 Å². The van der Waals surface area contributed by atoms with E-state index in [9.17, 15) is 4.79 Å². The van der Waals surface area contributed by atoms with E-state index in [4.69, 9.17) is 9.47 Å². The Morgan fingerprint density at radius 1 is 1.44 bits per heavy atom. The minimum atomic E-state index is -0.00976. The van der Waals surface area contributed by atoms with Crippen LogP contribution >= 0.6 is 0 Å². The predicted molar refractivity (Wildman–Crippen MR) is 68.2 cm³/mol. The smallest absolute Gasteiger partial charge is 0.241 e. The third kappa shape index (κ3) is 3.22. The van der Waals surface area contributed by atoms with Crippen molar-refractivity contribution in [3.05, 3.63) is 0 Å². The molecule has 2 heterocycles. The highest BCUT2D eigenvalue weighted by molar-refractivity contribution is 5.84. The maximum absolute atomic E-state index is 12.3. The summed E-state index contributed by atoms with van der Waals surface area (Å²) in [5.41, 5.74) is 0. The van der Waals surface area contributed by atoms with Crippen LogP contribution in [0, 0.1) is 0 Å². The van der Waals surface area contributed by atoms with Crippen LogP contribution in [-0.4, -0.2) is 55.5 Å². The molecule has 0 radical (unpaired) electrons. The summed E-state index contributed by atoms with van der Waals surface area (Å²) < 4.78 is 11.0. The second-order valence-electron chi connectivity index (χ2n) is 5.10. The number of nitrogens with zero attached hydrogens (tertiary/aromatic N) is 1. The summed E-state index contributed by atoms with van der Waals surface area (Å²) in [6, 6.07) is -0.00976. The molecule has 2 fully saturated rings. The monoisotopic (exact) mass is 256 g/mol. The van der Waals surface area contributed by atoms with E-state index in [2.05, 4.69) is 12.2 Å². The van der Waals surface area contributed by atoms with Crippen LogP contribution in [0.4, 0.5) is 0 Å². The lowest BCUT2D eigenvalue weighted by Gasteiger charge is -2.29. The molecule has 0 aromatic carbocycles. The minimum absolute atomic E-state index is 0.00976. The molecule has 3 atom stereocenters. The lowest BCUT2D eigenvalue weighted by molar-refractivity contribution is -0.136. The molecule has 5 heteroatoms. The standard InChI is InChI=1S/C13H24N2O3/c1-3-4-5-12-13(16)15(10(2)14-12)8-11-9-17-6-7-18-11/h10-12,14H,3-9H2,1-2H3. The summed E-state index contributed by atoms with van der Waals surface area (Å²) >= 11 is 0. The van der Waals surface area contributed by atoms with Crippen molar-refractivity contribution in [2.24, 2.45) is 0 Å². The number of unbranched alkanes of at least 4 members (excludes halogenated alkanes) is 1. The van der Waals surface area contributed by atoms with Gasteiger partial charge in [-0.05, 0) is 13.3 Å². The van der Waals surface area contributed by atoms with E-state index in [0.29, 0.717) is 26.4 Å². The van der Waals surface area contributed by atoms with Crippen LogP contribution in [0.2, 0.25) is 0 Å². The van der Waals surface area contributed by atoms with Crippen molar-refractivity contribution in [1.82, 2.24) is 10.2 Å². The average molecular weight is 256 g/mol. The maximum Gasteiger partial charge on any atom is 0.241 e. The Balaban J connectivity index is 1.85. The number of hydrogen-bond acceptors (Lipinski definition) is 4. The molecule has 0 bridgehead atoms. The molecule has 0 aromatic rings. The summed E-state index contributed by atoms with van der Waals surface area (Å²) in [6.45, 7) is 6.71. The van der Waals surface area contributed by atoms with Crippen molar-refractivity contribution in [2.45, 2.75) is 51.4 Å². The Labute approximate surface area is 109 Å². The van der Waals surface area contributed by atoms with E-state index >= 15 is 0 Å². The second-order valence-corrected chi connectivity index (χ2v) is 5.10. The highest BCUT2D eigenvalue weighted by atomic mass is 16.6. The highest BCUT2D eigenvalue weighted by Gasteiger charge is 2.37. The Kier molecular flexibility index (Phi) is 4.97. The Morgan fingerprint density at radius 3 is 2.94 bits per heavy atom. The Bertz CT molecular complexity index is 279. The summed E-state index contributed by atoms with van der Waals surface area (Å²) in [6.07, 6.45) is 3.27. The van der Waals surface area contributed by atoms with Crippen molar-refractivity contribution >= 4 is 5.91 Å². The average Bonchev–Trinajstić information content (AvgIpc) is 2.65. The second kappa shape index (κ2) is 6.50. The van der Waals surface area contributed by atoms with Gasteiger partial charge in [-0.1, -0.05) is 19.8 Å². The third-order valence-electron chi connectivity index (χ3n) is 3.62. The number of carbonyl (C=O) groups is 1. The van der Waals surface area contributed by atoms with Crippen molar-refractivity contribution in [1.29, 1.82) is 0 Å². The van der Waals surface area contributed by atoms with Gasteiger partial charge in [-0.2, -0.15) is 0 Å². The number of carbonyl (C=O) groups excluding carboxylic acids is 1. The van der Waals surface area contributed by atoms with E-state index in [1.54, 1.807) is 0 Å². The molecule has 104 valence electrons. The van der Waals surface area contributed by atoms with Gasteiger partial charge in [-0.3, -0.25) is 10.1 Å². The van der Waals surface area contributed by atoms with Gasteiger partial charge in [0.05, 0.1) is 44.7 Å². The van der Waals surface area contributed by atoms with Gasteiger partial charge in [0.2, 0.25) is 5.91 Å². The first kappa shape index (κ1) is 13.8. The first-order chi connectivity index (χ1) is 8.72. The van der Waals surface area contributed by atoms with Crippen LogP contribution in [-0.2, 0) is 14.3 Å². The normalized spacial score (nSPS) is 33.1. The Hall–Kier alpha value is -0.650. The molecule has 2 saturated heterocycles. The minimum Gasteiger partial charge on any atom is -0.376 e. The lowest BCUT2D eigenvalue weighted by Crippen LogP contribution is -2.44. The fourth-order valence-electron chi connectivity index (χ4n) is 2.57. The van der Waals surface area contributed by atoms with Gasteiger partial charge >= 0.3 is 0 Å².